The molecule has 92 valence electrons. The fraction of sp³-hybridized carbons (Fsp3) is 1.00. The first-order valence-electron chi connectivity index (χ1n) is 5.02. The van der Waals surface area contributed by atoms with Gasteiger partial charge in [0.1, 0.15) is 0 Å². The van der Waals surface area contributed by atoms with Crippen LogP contribution in [0.5, 0.6) is 0 Å². The monoisotopic (exact) mass is 254 g/mol. The van der Waals surface area contributed by atoms with Crippen LogP contribution in [0.15, 0.2) is 0 Å². The number of hydrogen-bond acceptors (Lipinski definition) is 4. The highest BCUT2D eigenvalue weighted by Crippen LogP contribution is 2.23. The summed E-state index contributed by atoms with van der Waals surface area (Å²) >= 11 is 0. The molecule has 0 aliphatic rings. The van der Waals surface area contributed by atoms with E-state index in [1.807, 2.05) is 20.8 Å². The zero-order valence-corrected chi connectivity index (χ0v) is 12.4. The highest BCUT2D eigenvalue weighted by Gasteiger charge is 2.27. The van der Waals surface area contributed by atoms with Gasteiger partial charge in [0.15, 0.2) is 9.04 Å². The van der Waals surface area contributed by atoms with Gasteiger partial charge in [-0.1, -0.05) is 20.8 Å². The zero-order valence-electron chi connectivity index (χ0n) is 10.4. The third kappa shape index (κ3) is 7.95. The molecule has 0 saturated heterocycles. The highest BCUT2D eigenvalue weighted by molar-refractivity contribution is 7.85. The average Bonchev–Trinajstić information content (AvgIpc) is 1.93. The van der Waals surface area contributed by atoms with E-state index in [1.54, 1.807) is 0 Å². The van der Waals surface area contributed by atoms with Crippen LogP contribution in [0.3, 0.4) is 0 Å². The third-order valence-corrected chi connectivity index (χ3v) is 3.27. The molecular formula is C9H22O4SSi. The largest absolute Gasteiger partial charge is 0.415 e. The maximum absolute atomic E-state index is 10.9. The summed E-state index contributed by atoms with van der Waals surface area (Å²) in [7, 11) is -4.57. The van der Waals surface area contributed by atoms with Gasteiger partial charge in [0.2, 0.25) is 0 Å². The van der Waals surface area contributed by atoms with Crippen molar-refractivity contribution in [3.05, 3.63) is 0 Å². The summed E-state index contributed by atoms with van der Waals surface area (Å²) in [4.78, 5) is 0. The lowest BCUT2D eigenvalue weighted by molar-refractivity contribution is 0.0438. The molecule has 0 amide bonds. The van der Waals surface area contributed by atoms with Crippen molar-refractivity contribution in [2.45, 2.75) is 40.0 Å². The summed E-state index contributed by atoms with van der Waals surface area (Å²) in [6.07, 6.45) is 0.887. The Balaban J connectivity index is 4.40. The Hall–Kier alpha value is 0.0869. The van der Waals surface area contributed by atoms with Crippen LogP contribution in [-0.2, 0) is 18.7 Å². The van der Waals surface area contributed by atoms with Crippen LogP contribution >= 0.6 is 0 Å². The van der Waals surface area contributed by atoms with Crippen molar-refractivity contribution in [1.82, 2.24) is 0 Å². The first-order valence-corrected chi connectivity index (χ1v) is 9.62. The Morgan fingerprint density at radius 3 is 2.00 bits per heavy atom. The van der Waals surface area contributed by atoms with E-state index in [0.29, 0.717) is 0 Å². The van der Waals surface area contributed by atoms with Crippen LogP contribution in [0.1, 0.15) is 20.8 Å². The van der Waals surface area contributed by atoms with E-state index in [4.69, 9.17) is 8.61 Å². The van der Waals surface area contributed by atoms with Gasteiger partial charge in [-0.3, -0.25) is 4.18 Å². The maximum Gasteiger partial charge on any atom is 0.264 e. The van der Waals surface area contributed by atoms with Gasteiger partial charge in [-0.2, -0.15) is 8.42 Å². The second-order valence-corrected chi connectivity index (χ2v) is 9.04. The summed E-state index contributed by atoms with van der Waals surface area (Å²) < 4.78 is 32.3. The third-order valence-electron chi connectivity index (χ3n) is 1.84. The SMILES string of the molecule is C[SiH](C)OC(COS(C)(=O)=O)C(C)(C)C. The quantitative estimate of drug-likeness (QED) is 0.549. The molecule has 0 bridgehead atoms. The summed E-state index contributed by atoms with van der Waals surface area (Å²) in [5.41, 5.74) is -0.109. The summed E-state index contributed by atoms with van der Waals surface area (Å²) in [5.74, 6) is 0. The fourth-order valence-electron chi connectivity index (χ4n) is 1.01. The zero-order chi connectivity index (χ0) is 12.3. The molecule has 6 heteroatoms. The molecule has 0 saturated carbocycles. The van der Waals surface area contributed by atoms with E-state index in [1.165, 1.54) is 0 Å². The molecule has 0 aliphatic heterocycles. The van der Waals surface area contributed by atoms with Crippen LogP contribution < -0.4 is 0 Å². The van der Waals surface area contributed by atoms with Gasteiger partial charge in [-0.15, -0.1) is 0 Å². The number of rotatable bonds is 5. The molecule has 1 unspecified atom stereocenters. The molecule has 4 nitrogen and oxygen atoms in total. The van der Waals surface area contributed by atoms with E-state index >= 15 is 0 Å². The molecule has 0 rings (SSSR count). The van der Waals surface area contributed by atoms with Gasteiger partial charge >= 0.3 is 0 Å². The lowest BCUT2D eigenvalue weighted by Gasteiger charge is -2.31. The molecule has 0 aliphatic carbocycles. The van der Waals surface area contributed by atoms with Gasteiger partial charge < -0.3 is 4.43 Å². The summed E-state index contributed by atoms with van der Waals surface area (Å²) in [5, 5.41) is 0. The molecule has 0 aromatic heterocycles. The molecule has 0 aromatic rings. The first-order chi connectivity index (χ1) is 6.52. The molecule has 0 radical (unpaired) electrons. The summed E-state index contributed by atoms with van der Waals surface area (Å²) in [6.45, 7) is 10.3. The minimum Gasteiger partial charge on any atom is -0.415 e. The first kappa shape index (κ1) is 15.1. The molecule has 0 aromatic carbocycles. The van der Waals surface area contributed by atoms with Crippen LogP contribution in [-0.4, -0.2) is 36.4 Å². The standard InChI is InChI=1S/C9H22O4SSi/c1-9(2,3)8(13-15(5)6)7-12-14(4,10)11/h8,15H,7H2,1-6H3. The molecule has 0 N–H and O–H groups in total. The van der Waals surface area contributed by atoms with Crippen LogP contribution in [0.2, 0.25) is 13.1 Å². The lowest BCUT2D eigenvalue weighted by atomic mass is 9.90. The van der Waals surface area contributed by atoms with Crippen LogP contribution in [0.4, 0.5) is 0 Å². The maximum atomic E-state index is 10.9. The number of hydrogen-bond donors (Lipinski definition) is 0. The molecular weight excluding hydrogens is 232 g/mol. The van der Waals surface area contributed by atoms with Gasteiger partial charge in [0, 0.05) is 0 Å². The van der Waals surface area contributed by atoms with Gasteiger partial charge in [-0.05, 0) is 18.5 Å². The van der Waals surface area contributed by atoms with Crippen molar-refractivity contribution in [2.75, 3.05) is 12.9 Å². The summed E-state index contributed by atoms with van der Waals surface area (Å²) in [6, 6.07) is 0. The van der Waals surface area contributed by atoms with Crippen molar-refractivity contribution in [2.24, 2.45) is 5.41 Å². The van der Waals surface area contributed by atoms with Crippen molar-refractivity contribution in [3.8, 4) is 0 Å². The van der Waals surface area contributed by atoms with Gasteiger partial charge in [0.05, 0.1) is 19.0 Å². The minimum absolute atomic E-state index is 0.105. The van der Waals surface area contributed by atoms with E-state index in [2.05, 4.69) is 13.1 Å². The second kappa shape index (κ2) is 5.43. The second-order valence-electron chi connectivity index (χ2n) is 5.03. The van der Waals surface area contributed by atoms with Crippen molar-refractivity contribution < 1.29 is 17.0 Å². The molecule has 0 fully saturated rings. The molecule has 15 heavy (non-hydrogen) atoms. The topological polar surface area (TPSA) is 52.6 Å². The Morgan fingerprint density at radius 1 is 1.27 bits per heavy atom. The predicted molar refractivity (Wildman–Crippen MR) is 64.0 cm³/mol. The fourth-order valence-corrected chi connectivity index (χ4v) is 2.52. The van der Waals surface area contributed by atoms with E-state index in [-0.39, 0.29) is 18.1 Å². The Kier molecular flexibility index (Phi) is 5.46. The van der Waals surface area contributed by atoms with Crippen LogP contribution in [0.25, 0.3) is 0 Å². The van der Waals surface area contributed by atoms with Gasteiger partial charge in [-0.25, -0.2) is 0 Å². The van der Waals surface area contributed by atoms with E-state index in [9.17, 15) is 8.42 Å². The molecule has 1 atom stereocenters. The average molecular weight is 254 g/mol. The van der Waals surface area contributed by atoms with E-state index in [0.717, 1.165) is 6.26 Å². The minimum atomic E-state index is -3.38. The smallest absolute Gasteiger partial charge is 0.264 e. The lowest BCUT2D eigenvalue weighted by Crippen LogP contribution is -2.37. The molecule has 0 heterocycles. The van der Waals surface area contributed by atoms with Crippen molar-refractivity contribution >= 4 is 19.2 Å². The van der Waals surface area contributed by atoms with Gasteiger partial charge in [0.25, 0.3) is 10.1 Å². The Morgan fingerprint density at radius 2 is 1.73 bits per heavy atom. The highest BCUT2D eigenvalue weighted by atomic mass is 32.2. The Bertz CT molecular complexity index is 279. The van der Waals surface area contributed by atoms with Crippen molar-refractivity contribution in [3.63, 3.8) is 0 Å². The predicted octanol–water partition coefficient (Wildman–Crippen LogP) is 1.38. The normalized spacial score (nSPS) is 15.7. The van der Waals surface area contributed by atoms with Crippen molar-refractivity contribution in [1.29, 1.82) is 0 Å². The molecule has 0 spiro atoms. The van der Waals surface area contributed by atoms with Crippen LogP contribution in [0, 0.1) is 5.41 Å². The van der Waals surface area contributed by atoms with E-state index < -0.39 is 19.2 Å². The Labute approximate surface area is 94.8 Å².